The molecule has 0 radical (unpaired) electrons. The smallest absolute Gasteiger partial charge is 0.257 e. The third-order valence-corrected chi connectivity index (χ3v) is 9.10. The van der Waals surface area contributed by atoms with Gasteiger partial charge in [-0.15, -0.1) is 0 Å². The summed E-state index contributed by atoms with van der Waals surface area (Å²) in [5.74, 6) is 0.263. The number of benzene rings is 4. The van der Waals surface area contributed by atoms with Gasteiger partial charge < -0.3 is 15.0 Å². The van der Waals surface area contributed by atoms with Gasteiger partial charge in [0, 0.05) is 31.7 Å². The van der Waals surface area contributed by atoms with E-state index in [1.807, 2.05) is 29.2 Å². The summed E-state index contributed by atoms with van der Waals surface area (Å²) in [5.41, 5.74) is 3.95. The van der Waals surface area contributed by atoms with E-state index in [1.54, 1.807) is 30.3 Å². The normalized spacial score (nSPS) is 13.3. The van der Waals surface area contributed by atoms with Crippen molar-refractivity contribution >= 4 is 50.8 Å². The molecule has 47 heavy (non-hydrogen) atoms. The number of carbonyl (C=O) groups is 2. The molecule has 1 saturated heterocycles. The number of amides is 2. The lowest BCUT2D eigenvalue weighted by molar-refractivity contribution is 0.0598. The van der Waals surface area contributed by atoms with Gasteiger partial charge in [0.2, 0.25) is 0 Å². The van der Waals surface area contributed by atoms with E-state index in [4.69, 9.17) is 17.0 Å². The van der Waals surface area contributed by atoms with E-state index in [2.05, 4.69) is 86.9 Å². The molecular formula is C38H41BrN4O3S. The number of thiocarbonyl (C=S) groups is 1. The number of rotatable bonds is 12. The van der Waals surface area contributed by atoms with Crippen LogP contribution in [0.4, 0.5) is 5.69 Å². The zero-order valence-electron chi connectivity index (χ0n) is 26.7. The van der Waals surface area contributed by atoms with Crippen LogP contribution in [-0.2, 0) is 0 Å². The minimum absolute atomic E-state index is 0.0768. The fraction of sp³-hybridized carbons (Fsp3) is 0.289. The Balaban J connectivity index is 1.18. The maximum absolute atomic E-state index is 13.8. The van der Waals surface area contributed by atoms with Crippen molar-refractivity contribution in [1.82, 2.24) is 15.1 Å². The highest BCUT2D eigenvalue weighted by atomic mass is 79.9. The number of unbranched alkanes of at least 4 members (excludes halogenated alkanes) is 3. The first kappa shape index (κ1) is 34.3. The van der Waals surface area contributed by atoms with Crippen molar-refractivity contribution in [1.29, 1.82) is 0 Å². The van der Waals surface area contributed by atoms with Gasteiger partial charge in [0.15, 0.2) is 5.11 Å². The number of hydrogen-bond donors (Lipinski definition) is 2. The van der Waals surface area contributed by atoms with Gasteiger partial charge >= 0.3 is 0 Å². The summed E-state index contributed by atoms with van der Waals surface area (Å²) in [6.07, 6.45) is 4.49. The Labute approximate surface area is 291 Å². The first-order valence-corrected chi connectivity index (χ1v) is 17.4. The fourth-order valence-corrected chi connectivity index (χ4v) is 6.51. The number of hydrogen-bond acceptors (Lipinski definition) is 5. The molecular weight excluding hydrogens is 672 g/mol. The predicted octanol–water partition coefficient (Wildman–Crippen LogP) is 8.08. The van der Waals surface area contributed by atoms with Gasteiger partial charge in [-0.05, 0) is 76.0 Å². The molecule has 4 aromatic carbocycles. The quantitative estimate of drug-likeness (QED) is 0.114. The molecule has 0 aliphatic carbocycles. The zero-order chi connectivity index (χ0) is 33.0. The molecule has 2 N–H and O–H groups in total. The van der Waals surface area contributed by atoms with Crippen LogP contribution in [0.1, 0.15) is 70.5 Å². The second-order valence-electron chi connectivity index (χ2n) is 11.6. The van der Waals surface area contributed by atoms with Crippen molar-refractivity contribution in [2.24, 2.45) is 0 Å². The number of nitrogens with zero attached hydrogens (tertiary/aromatic N) is 2. The number of piperazine rings is 1. The maximum Gasteiger partial charge on any atom is 0.257 e. The van der Waals surface area contributed by atoms with Gasteiger partial charge in [-0.2, -0.15) is 0 Å². The monoisotopic (exact) mass is 712 g/mol. The Morgan fingerprint density at radius 2 is 1.47 bits per heavy atom. The van der Waals surface area contributed by atoms with Crippen molar-refractivity contribution in [3.63, 3.8) is 0 Å². The molecule has 0 unspecified atom stereocenters. The molecule has 0 saturated carbocycles. The maximum atomic E-state index is 13.8. The van der Waals surface area contributed by atoms with E-state index in [9.17, 15) is 9.59 Å². The minimum atomic E-state index is -0.357. The zero-order valence-corrected chi connectivity index (χ0v) is 29.1. The van der Waals surface area contributed by atoms with Crippen LogP contribution in [0, 0.1) is 0 Å². The summed E-state index contributed by atoms with van der Waals surface area (Å²) in [5, 5.41) is 5.93. The molecule has 5 rings (SSSR count). The lowest BCUT2D eigenvalue weighted by atomic mass is 9.96. The van der Waals surface area contributed by atoms with Crippen LogP contribution in [-0.4, -0.2) is 59.5 Å². The summed E-state index contributed by atoms with van der Waals surface area (Å²) in [6.45, 7) is 5.48. The average Bonchev–Trinajstić information content (AvgIpc) is 3.10. The van der Waals surface area contributed by atoms with Crippen molar-refractivity contribution in [3.05, 3.63) is 130 Å². The average molecular weight is 714 g/mol. The highest BCUT2D eigenvalue weighted by molar-refractivity contribution is 9.10. The Hall–Kier alpha value is -4.05. The van der Waals surface area contributed by atoms with Gasteiger partial charge in [-0.25, -0.2) is 0 Å². The topological polar surface area (TPSA) is 73.9 Å². The van der Waals surface area contributed by atoms with E-state index >= 15 is 0 Å². The van der Waals surface area contributed by atoms with Crippen molar-refractivity contribution in [2.45, 2.75) is 38.6 Å². The van der Waals surface area contributed by atoms with Gasteiger partial charge in [0.25, 0.3) is 11.8 Å². The minimum Gasteiger partial charge on any atom is -0.492 e. The molecule has 2 amide bonds. The van der Waals surface area contributed by atoms with E-state index in [0.29, 0.717) is 46.7 Å². The van der Waals surface area contributed by atoms with Gasteiger partial charge in [0.1, 0.15) is 5.75 Å². The molecule has 0 bridgehead atoms. The van der Waals surface area contributed by atoms with Crippen molar-refractivity contribution in [3.8, 4) is 5.75 Å². The van der Waals surface area contributed by atoms with Crippen LogP contribution in [0.25, 0.3) is 0 Å². The number of anilines is 1. The molecule has 0 aromatic heterocycles. The molecule has 7 nitrogen and oxygen atoms in total. The Morgan fingerprint density at radius 3 is 2.11 bits per heavy atom. The van der Waals surface area contributed by atoms with Crippen LogP contribution >= 0.6 is 28.1 Å². The molecule has 9 heteroatoms. The van der Waals surface area contributed by atoms with E-state index in [-0.39, 0.29) is 23.0 Å². The van der Waals surface area contributed by atoms with Crippen LogP contribution in [0.15, 0.2) is 108 Å². The number of carbonyl (C=O) groups excluding carboxylic acids is 2. The summed E-state index contributed by atoms with van der Waals surface area (Å²) in [6, 6.07) is 33.6. The SMILES string of the molecule is CCCCCCOc1ccc(C(=O)NC(=S)Nc2ccccc2C(=O)N2CCN(C(c3ccccc3)c3ccccc3)CC2)cc1Br. The van der Waals surface area contributed by atoms with E-state index in [1.165, 1.54) is 24.0 Å². The van der Waals surface area contributed by atoms with Crippen LogP contribution < -0.4 is 15.4 Å². The first-order chi connectivity index (χ1) is 22.9. The predicted molar refractivity (Wildman–Crippen MR) is 196 cm³/mol. The van der Waals surface area contributed by atoms with Crippen LogP contribution in [0.3, 0.4) is 0 Å². The van der Waals surface area contributed by atoms with Gasteiger partial charge in [-0.1, -0.05) is 99.0 Å². The molecule has 4 aromatic rings. The molecule has 0 atom stereocenters. The standard InChI is InChI=1S/C38H41BrN4O3S/c1-2-3-4-13-26-46-34-21-20-30(27-32(34)39)36(44)41-38(47)40-33-19-12-11-18-31(33)37(45)43-24-22-42(23-25-43)35(28-14-7-5-8-15-28)29-16-9-6-10-17-29/h5-12,14-21,27,35H,2-4,13,22-26H2,1H3,(H2,40,41,44,47). The molecule has 0 spiro atoms. The number of para-hydroxylation sites is 1. The summed E-state index contributed by atoms with van der Waals surface area (Å²) >= 11 is 9.01. The molecule has 244 valence electrons. The third kappa shape index (κ3) is 9.28. The van der Waals surface area contributed by atoms with Crippen LogP contribution in [0.5, 0.6) is 5.75 Å². The third-order valence-electron chi connectivity index (χ3n) is 8.28. The molecule has 1 aliphatic heterocycles. The second-order valence-corrected chi connectivity index (χ2v) is 12.8. The summed E-state index contributed by atoms with van der Waals surface area (Å²) in [4.78, 5) is 31.1. The number of nitrogens with one attached hydrogen (secondary N) is 2. The molecule has 1 heterocycles. The summed E-state index contributed by atoms with van der Waals surface area (Å²) in [7, 11) is 0. The molecule has 1 fully saturated rings. The number of halogens is 1. The van der Waals surface area contributed by atoms with Crippen molar-refractivity contribution < 1.29 is 14.3 Å². The Morgan fingerprint density at radius 1 is 0.830 bits per heavy atom. The lowest BCUT2D eigenvalue weighted by Gasteiger charge is -2.40. The second kappa shape index (κ2) is 17.2. The number of ether oxygens (including phenoxy) is 1. The Kier molecular flexibility index (Phi) is 12.5. The van der Waals surface area contributed by atoms with E-state index in [0.717, 1.165) is 25.9 Å². The van der Waals surface area contributed by atoms with E-state index < -0.39 is 0 Å². The van der Waals surface area contributed by atoms with Crippen LogP contribution in [0.2, 0.25) is 0 Å². The lowest BCUT2D eigenvalue weighted by Crippen LogP contribution is -2.50. The Bertz CT molecular complexity index is 1610. The highest BCUT2D eigenvalue weighted by Crippen LogP contribution is 2.30. The molecule has 1 aliphatic rings. The largest absolute Gasteiger partial charge is 0.492 e. The fourth-order valence-electron chi connectivity index (χ4n) is 5.82. The van der Waals surface area contributed by atoms with Crippen molar-refractivity contribution in [2.75, 3.05) is 38.1 Å². The first-order valence-electron chi connectivity index (χ1n) is 16.2. The van der Waals surface area contributed by atoms with Gasteiger partial charge in [-0.3, -0.25) is 19.8 Å². The van der Waals surface area contributed by atoms with Gasteiger partial charge in [0.05, 0.1) is 28.4 Å². The highest BCUT2D eigenvalue weighted by Gasteiger charge is 2.29. The summed E-state index contributed by atoms with van der Waals surface area (Å²) < 4.78 is 6.57.